The standard InChI is InChI=1S/C24H26ClFN2O2/c25-19-10-6-17(7-11-19)14-15-27-22(29)16-28(21-4-2-1-3-5-21)24(30)23(27)18-8-12-20(26)13-9-18/h6-13,21,23H,1-5,14-16H2/t23-/m1/s1. The van der Waals surface area contributed by atoms with Gasteiger partial charge in [0.15, 0.2) is 0 Å². The molecule has 0 unspecified atom stereocenters. The van der Waals surface area contributed by atoms with E-state index < -0.39 is 6.04 Å². The zero-order valence-electron chi connectivity index (χ0n) is 16.9. The third-order valence-electron chi connectivity index (χ3n) is 6.21. The number of rotatable bonds is 5. The Labute approximate surface area is 181 Å². The molecule has 2 aromatic carbocycles. The predicted octanol–water partition coefficient (Wildman–Crippen LogP) is 4.77. The maximum absolute atomic E-state index is 13.5. The normalized spacial score (nSPS) is 20.7. The van der Waals surface area contributed by atoms with E-state index >= 15 is 0 Å². The van der Waals surface area contributed by atoms with Gasteiger partial charge in [-0.25, -0.2) is 4.39 Å². The first-order chi connectivity index (χ1) is 14.5. The number of halogens is 2. The topological polar surface area (TPSA) is 40.6 Å². The van der Waals surface area contributed by atoms with Crippen molar-refractivity contribution >= 4 is 23.4 Å². The second-order valence-electron chi connectivity index (χ2n) is 8.18. The Bertz CT molecular complexity index is 894. The molecule has 0 aromatic heterocycles. The third kappa shape index (κ3) is 4.51. The second-order valence-corrected chi connectivity index (χ2v) is 8.61. The second kappa shape index (κ2) is 9.17. The number of benzene rings is 2. The molecule has 1 aliphatic heterocycles. The Hall–Kier alpha value is -2.40. The van der Waals surface area contributed by atoms with Crippen molar-refractivity contribution in [3.05, 3.63) is 70.5 Å². The molecule has 0 spiro atoms. The van der Waals surface area contributed by atoms with Gasteiger partial charge in [0, 0.05) is 17.6 Å². The van der Waals surface area contributed by atoms with Crippen molar-refractivity contribution in [1.82, 2.24) is 9.80 Å². The van der Waals surface area contributed by atoms with Crippen LogP contribution in [0.4, 0.5) is 4.39 Å². The fraction of sp³-hybridized carbons (Fsp3) is 0.417. The van der Waals surface area contributed by atoms with Crippen LogP contribution in [0.1, 0.15) is 49.3 Å². The summed E-state index contributed by atoms with van der Waals surface area (Å²) < 4.78 is 13.5. The smallest absolute Gasteiger partial charge is 0.250 e. The number of piperazine rings is 1. The van der Waals surface area contributed by atoms with Crippen molar-refractivity contribution in [2.24, 2.45) is 0 Å². The third-order valence-corrected chi connectivity index (χ3v) is 6.46. The van der Waals surface area contributed by atoms with Crippen LogP contribution in [0.15, 0.2) is 48.5 Å². The fourth-order valence-electron chi connectivity index (χ4n) is 4.57. The Kier molecular flexibility index (Phi) is 6.38. The first kappa shape index (κ1) is 20.9. The molecule has 158 valence electrons. The summed E-state index contributed by atoms with van der Waals surface area (Å²) in [7, 11) is 0. The average molecular weight is 429 g/mol. The summed E-state index contributed by atoms with van der Waals surface area (Å²) in [5, 5.41) is 0.662. The summed E-state index contributed by atoms with van der Waals surface area (Å²) in [5.41, 5.74) is 1.71. The minimum absolute atomic E-state index is 0.0517. The largest absolute Gasteiger partial charge is 0.328 e. The first-order valence-electron chi connectivity index (χ1n) is 10.6. The number of nitrogens with zero attached hydrogens (tertiary/aromatic N) is 2. The average Bonchev–Trinajstić information content (AvgIpc) is 2.76. The highest BCUT2D eigenvalue weighted by Gasteiger charge is 2.42. The summed E-state index contributed by atoms with van der Waals surface area (Å²) in [6, 6.07) is 12.9. The molecule has 1 heterocycles. The van der Waals surface area contributed by atoms with E-state index in [0.29, 0.717) is 23.6 Å². The van der Waals surface area contributed by atoms with Crippen molar-refractivity contribution in [3.63, 3.8) is 0 Å². The van der Waals surface area contributed by atoms with Gasteiger partial charge in [0.1, 0.15) is 18.4 Å². The maximum Gasteiger partial charge on any atom is 0.250 e. The van der Waals surface area contributed by atoms with Crippen molar-refractivity contribution in [2.45, 2.75) is 50.6 Å². The van der Waals surface area contributed by atoms with Gasteiger partial charge in [0.2, 0.25) is 5.91 Å². The van der Waals surface area contributed by atoms with Gasteiger partial charge in [-0.15, -0.1) is 0 Å². The van der Waals surface area contributed by atoms with Gasteiger partial charge in [-0.3, -0.25) is 9.59 Å². The molecule has 2 aliphatic rings. The van der Waals surface area contributed by atoms with Crippen LogP contribution in [0.5, 0.6) is 0 Å². The molecule has 1 aliphatic carbocycles. The van der Waals surface area contributed by atoms with Crippen molar-refractivity contribution in [1.29, 1.82) is 0 Å². The lowest BCUT2D eigenvalue weighted by Crippen LogP contribution is -2.58. The molecular formula is C24H26ClFN2O2. The lowest BCUT2D eigenvalue weighted by molar-refractivity contribution is -0.159. The summed E-state index contributed by atoms with van der Waals surface area (Å²) in [6.45, 7) is 0.550. The summed E-state index contributed by atoms with van der Waals surface area (Å²) in [6.07, 6.45) is 5.87. The molecule has 4 rings (SSSR count). The molecule has 2 amide bonds. The molecule has 4 nitrogen and oxygen atoms in total. The monoisotopic (exact) mass is 428 g/mol. The Morgan fingerprint density at radius 2 is 1.60 bits per heavy atom. The van der Waals surface area contributed by atoms with Crippen LogP contribution in [-0.4, -0.2) is 40.7 Å². The van der Waals surface area contributed by atoms with Gasteiger partial charge in [-0.05, 0) is 54.7 Å². The van der Waals surface area contributed by atoms with Gasteiger partial charge in [0.05, 0.1) is 0 Å². The van der Waals surface area contributed by atoms with Crippen LogP contribution in [0.3, 0.4) is 0 Å². The maximum atomic E-state index is 13.5. The molecule has 2 aromatic rings. The highest BCUT2D eigenvalue weighted by molar-refractivity contribution is 6.30. The van der Waals surface area contributed by atoms with E-state index in [1.807, 2.05) is 24.3 Å². The lowest BCUT2D eigenvalue weighted by atomic mass is 9.91. The molecule has 2 fully saturated rings. The van der Waals surface area contributed by atoms with E-state index in [4.69, 9.17) is 11.6 Å². The van der Waals surface area contributed by atoms with Gasteiger partial charge in [-0.1, -0.05) is 55.1 Å². The quantitative estimate of drug-likeness (QED) is 0.688. The van der Waals surface area contributed by atoms with Crippen LogP contribution in [-0.2, 0) is 16.0 Å². The number of hydrogen-bond acceptors (Lipinski definition) is 2. The van der Waals surface area contributed by atoms with Crippen LogP contribution < -0.4 is 0 Å². The van der Waals surface area contributed by atoms with Gasteiger partial charge < -0.3 is 9.80 Å². The van der Waals surface area contributed by atoms with Crippen LogP contribution in [0, 0.1) is 5.82 Å². The molecule has 1 saturated heterocycles. The molecule has 30 heavy (non-hydrogen) atoms. The van der Waals surface area contributed by atoms with Gasteiger partial charge >= 0.3 is 0 Å². The molecule has 0 radical (unpaired) electrons. The number of hydrogen-bond donors (Lipinski definition) is 0. The molecule has 6 heteroatoms. The van der Waals surface area contributed by atoms with E-state index in [0.717, 1.165) is 31.2 Å². The Morgan fingerprint density at radius 1 is 0.933 bits per heavy atom. The summed E-state index contributed by atoms with van der Waals surface area (Å²) in [5.74, 6) is -0.460. The fourth-order valence-corrected chi connectivity index (χ4v) is 4.70. The summed E-state index contributed by atoms with van der Waals surface area (Å²) >= 11 is 5.96. The molecule has 0 N–H and O–H groups in total. The Morgan fingerprint density at radius 3 is 2.27 bits per heavy atom. The van der Waals surface area contributed by atoms with Crippen molar-refractivity contribution < 1.29 is 14.0 Å². The highest BCUT2D eigenvalue weighted by atomic mass is 35.5. The van der Waals surface area contributed by atoms with E-state index in [1.54, 1.807) is 21.9 Å². The number of carbonyl (C=O) groups excluding carboxylic acids is 2. The zero-order chi connectivity index (χ0) is 21.1. The minimum Gasteiger partial charge on any atom is -0.328 e. The van der Waals surface area contributed by atoms with Crippen molar-refractivity contribution in [2.75, 3.05) is 13.1 Å². The molecular weight excluding hydrogens is 403 g/mol. The predicted molar refractivity (Wildman–Crippen MR) is 115 cm³/mol. The minimum atomic E-state index is -0.707. The SMILES string of the molecule is O=C1[C@@H](c2ccc(F)cc2)N(CCc2ccc(Cl)cc2)C(=O)CN1C1CCCCC1. The van der Waals surface area contributed by atoms with Crippen LogP contribution in [0.2, 0.25) is 5.02 Å². The number of carbonyl (C=O) groups is 2. The first-order valence-corrected chi connectivity index (χ1v) is 11.0. The summed E-state index contributed by atoms with van der Waals surface area (Å²) in [4.78, 5) is 30.1. The number of amides is 2. The highest BCUT2D eigenvalue weighted by Crippen LogP contribution is 2.32. The zero-order valence-corrected chi connectivity index (χ0v) is 17.7. The lowest BCUT2D eigenvalue weighted by Gasteiger charge is -2.44. The molecule has 0 bridgehead atoms. The van der Waals surface area contributed by atoms with Crippen molar-refractivity contribution in [3.8, 4) is 0 Å². The van der Waals surface area contributed by atoms with E-state index in [9.17, 15) is 14.0 Å². The van der Waals surface area contributed by atoms with Gasteiger partial charge in [-0.2, -0.15) is 0 Å². The van der Waals surface area contributed by atoms with Gasteiger partial charge in [0.25, 0.3) is 5.91 Å². The van der Waals surface area contributed by atoms with E-state index in [-0.39, 0.29) is 30.2 Å². The van der Waals surface area contributed by atoms with E-state index in [1.165, 1.54) is 18.6 Å². The van der Waals surface area contributed by atoms with E-state index in [2.05, 4.69) is 0 Å². The molecule has 1 atom stereocenters. The van der Waals surface area contributed by atoms with Crippen LogP contribution >= 0.6 is 11.6 Å². The molecule has 1 saturated carbocycles. The Balaban J connectivity index is 1.59. The van der Waals surface area contributed by atoms with Crippen LogP contribution in [0.25, 0.3) is 0 Å².